The van der Waals surface area contributed by atoms with Gasteiger partial charge >= 0.3 is 5.97 Å². The summed E-state index contributed by atoms with van der Waals surface area (Å²) in [6, 6.07) is 6.46. The molecular formula is C27H27ClFN5O4. The van der Waals surface area contributed by atoms with Crippen molar-refractivity contribution < 1.29 is 23.8 Å². The molecule has 2 aliphatic rings. The highest BCUT2D eigenvalue weighted by atomic mass is 35.5. The molecular weight excluding hydrogens is 513 g/mol. The summed E-state index contributed by atoms with van der Waals surface area (Å²) in [4.78, 5) is 36.5. The van der Waals surface area contributed by atoms with Gasteiger partial charge in [-0.15, -0.1) is 0 Å². The van der Waals surface area contributed by atoms with Gasteiger partial charge in [0.1, 0.15) is 17.4 Å². The molecule has 3 heterocycles. The van der Waals surface area contributed by atoms with Gasteiger partial charge in [0.05, 0.1) is 24.1 Å². The van der Waals surface area contributed by atoms with Gasteiger partial charge in [-0.05, 0) is 42.7 Å². The minimum Gasteiger partial charge on any atom is -0.493 e. The number of hydrogen-bond donors (Lipinski definition) is 2. The fourth-order valence-corrected chi connectivity index (χ4v) is 5.28. The number of aliphatic carboxylic acids is 1. The van der Waals surface area contributed by atoms with E-state index >= 15 is 4.39 Å². The number of benzene rings is 2. The Labute approximate surface area is 223 Å². The van der Waals surface area contributed by atoms with E-state index in [1.54, 1.807) is 23.1 Å². The summed E-state index contributed by atoms with van der Waals surface area (Å²) in [6.45, 7) is 6.16. The first-order valence-corrected chi connectivity index (χ1v) is 12.8. The number of carbonyl (C=O) groups is 2. The second kappa shape index (κ2) is 10.8. The number of amides is 1. The summed E-state index contributed by atoms with van der Waals surface area (Å²) in [5.41, 5.74) is 2.24. The van der Waals surface area contributed by atoms with E-state index in [2.05, 4.69) is 16.8 Å². The lowest BCUT2D eigenvalue weighted by Crippen LogP contribution is -2.48. The van der Waals surface area contributed by atoms with Gasteiger partial charge in [-0.3, -0.25) is 9.59 Å². The summed E-state index contributed by atoms with van der Waals surface area (Å²) in [5, 5.41) is 13.2. The third-order valence-electron chi connectivity index (χ3n) is 6.76. The number of nitrogens with one attached hydrogen (secondary N) is 1. The third kappa shape index (κ3) is 4.96. The van der Waals surface area contributed by atoms with E-state index in [9.17, 15) is 9.59 Å². The fourth-order valence-electron chi connectivity index (χ4n) is 4.96. The van der Waals surface area contributed by atoms with Crippen molar-refractivity contribution in [2.45, 2.75) is 19.3 Å². The summed E-state index contributed by atoms with van der Waals surface area (Å²) in [6.07, 6.45) is 2.42. The monoisotopic (exact) mass is 539 g/mol. The van der Waals surface area contributed by atoms with Crippen molar-refractivity contribution >= 4 is 46.1 Å². The van der Waals surface area contributed by atoms with Gasteiger partial charge in [0, 0.05) is 48.7 Å². The number of carboxylic acids is 1. The van der Waals surface area contributed by atoms with Crippen molar-refractivity contribution in [3.8, 4) is 16.9 Å². The number of anilines is 2. The molecule has 11 heteroatoms. The van der Waals surface area contributed by atoms with Gasteiger partial charge in [0.15, 0.2) is 0 Å². The summed E-state index contributed by atoms with van der Waals surface area (Å²) >= 11 is 6.86. The van der Waals surface area contributed by atoms with Crippen LogP contribution in [0.4, 0.5) is 16.2 Å². The average molecular weight is 540 g/mol. The molecule has 0 unspecified atom stereocenters. The van der Waals surface area contributed by atoms with Crippen molar-refractivity contribution in [3.05, 3.63) is 53.3 Å². The smallest absolute Gasteiger partial charge is 0.305 e. The minimum atomic E-state index is -0.939. The van der Waals surface area contributed by atoms with Crippen molar-refractivity contribution in [1.29, 1.82) is 0 Å². The molecule has 0 radical (unpaired) electrons. The largest absolute Gasteiger partial charge is 0.493 e. The van der Waals surface area contributed by atoms with Crippen LogP contribution in [0.5, 0.6) is 5.75 Å². The van der Waals surface area contributed by atoms with E-state index in [1.807, 2.05) is 0 Å². The van der Waals surface area contributed by atoms with Gasteiger partial charge in [-0.25, -0.2) is 9.37 Å². The maximum Gasteiger partial charge on any atom is 0.305 e. The summed E-state index contributed by atoms with van der Waals surface area (Å²) in [7, 11) is 0. The second-order valence-electron chi connectivity index (χ2n) is 9.13. The lowest BCUT2D eigenvalue weighted by molar-refractivity contribution is -0.136. The highest BCUT2D eigenvalue weighted by Crippen LogP contribution is 2.45. The molecule has 3 aromatic rings. The van der Waals surface area contributed by atoms with Gasteiger partial charge in [-0.2, -0.15) is 4.98 Å². The predicted molar refractivity (Wildman–Crippen MR) is 143 cm³/mol. The molecule has 9 nitrogen and oxygen atoms in total. The predicted octanol–water partition coefficient (Wildman–Crippen LogP) is 4.14. The van der Waals surface area contributed by atoms with E-state index in [-0.39, 0.29) is 24.8 Å². The lowest BCUT2D eigenvalue weighted by atomic mass is 9.92. The molecule has 1 aromatic heterocycles. The normalized spacial score (nSPS) is 15.1. The Morgan fingerprint density at radius 2 is 2.00 bits per heavy atom. The molecule has 0 saturated carbocycles. The standard InChI is InChI=1S/C27H27ClFN5O4/c1-2-21(35)33-10-12-34(13-11-33)26-17-15-18(28)23-16(25(17)31-27(32-26)30-9-8-22(36)37)5-4-14-38-20-7-3-6-19(29)24(20)23/h2-3,6-7,15H,1,4-5,8-14H2,(H,36,37)(H,30,31,32). The molecule has 0 atom stereocenters. The van der Waals surface area contributed by atoms with Crippen LogP contribution in [0.2, 0.25) is 5.02 Å². The molecule has 0 spiro atoms. The van der Waals surface area contributed by atoms with Crippen LogP contribution < -0.4 is 15.0 Å². The number of rotatable bonds is 6. The van der Waals surface area contributed by atoms with E-state index in [0.717, 1.165) is 5.56 Å². The molecule has 1 saturated heterocycles. The zero-order valence-electron chi connectivity index (χ0n) is 20.7. The number of carboxylic acid groups (broad SMARTS) is 1. The Balaban J connectivity index is 1.67. The molecule has 5 rings (SSSR count). The van der Waals surface area contributed by atoms with Crippen molar-refractivity contribution in [2.75, 3.05) is 49.5 Å². The zero-order valence-corrected chi connectivity index (χ0v) is 21.4. The minimum absolute atomic E-state index is 0.103. The van der Waals surface area contributed by atoms with Crippen LogP contribution in [-0.4, -0.2) is 71.2 Å². The van der Waals surface area contributed by atoms with E-state index in [1.165, 1.54) is 12.1 Å². The second-order valence-corrected chi connectivity index (χ2v) is 9.54. The zero-order chi connectivity index (χ0) is 26.8. The topological polar surface area (TPSA) is 108 Å². The fraction of sp³-hybridized carbons (Fsp3) is 0.333. The molecule has 38 heavy (non-hydrogen) atoms. The quantitative estimate of drug-likeness (QED) is 0.450. The maximum atomic E-state index is 15.2. The molecule has 2 aliphatic heterocycles. The Kier molecular flexibility index (Phi) is 7.33. The Hall–Kier alpha value is -3.92. The van der Waals surface area contributed by atoms with E-state index in [0.29, 0.717) is 84.2 Å². The number of carbonyl (C=O) groups excluding carboxylic acids is 1. The van der Waals surface area contributed by atoms with Crippen LogP contribution in [0.1, 0.15) is 18.4 Å². The number of fused-ring (bicyclic) bond motifs is 5. The van der Waals surface area contributed by atoms with Crippen LogP contribution in [0.3, 0.4) is 0 Å². The number of hydrogen-bond acceptors (Lipinski definition) is 7. The number of piperazine rings is 1. The molecule has 198 valence electrons. The molecule has 2 aromatic carbocycles. The molecule has 1 amide bonds. The van der Waals surface area contributed by atoms with E-state index in [4.69, 9.17) is 31.4 Å². The Morgan fingerprint density at radius 3 is 2.74 bits per heavy atom. The SMILES string of the molecule is C=CC(=O)N1CCN(c2nc(NCCC(=O)O)nc3c4c(c(Cl)cc23)-c2c(F)cccc2OCCC4)CC1. The van der Waals surface area contributed by atoms with Crippen LogP contribution in [0.15, 0.2) is 36.9 Å². The van der Waals surface area contributed by atoms with Gasteiger partial charge in [0.2, 0.25) is 11.9 Å². The first kappa shape index (κ1) is 25.7. The van der Waals surface area contributed by atoms with Crippen molar-refractivity contribution in [3.63, 3.8) is 0 Å². The van der Waals surface area contributed by atoms with Crippen molar-refractivity contribution in [2.24, 2.45) is 0 Å². The molecule has 2 N–H and O–H groups in total. The van der Waals surface area contributed by atoms with Crippen LogP contribution in [0, 0.1) is 5.82 Å². The van der Waals surface area contributed by atoms with Crippen molar-refractivity contribution in [1.82, 2.24) is 14.9 Å². The van der Waals surface area contributed by atoms with Crippen LogP contribution in [0.25, 0.3) is 22.0 Å². The van der Waals surface area contributed by atoms with E-state index < -0.39 is 11.8 Å². The number of aryl methyl sites for hydroxylation is 1. The highest BCUT2D eigenvalue weighted by Gasteiger charge is 2.28. The molecule has 1 fully saturated rings. The number of ether oxygens (including phenoxy) is 1. The first-order chi connectivity index (χ1) is 18.4. The Morgan fingerprint density at radius 1 is 1.21 bits per heavy atom. The number of aromatic nitrogens is 2. The highest BCUT2D eigenvalue weighted by molar-refractivity contribution is 6.35. The summed E-state index contributed by atoms with van der Waals surface area (Å²) < 4.78 is 21.0. The van der Waals surface area contributed by atoms with Crippen LogP contribution in [-0.2, 0) is 16.0 Å². The van der Waals surface area contributed by atoms with Crippen LogP contribution >= 0.6 is 11.6 Å². The lowest BCUT2D eigenvalue weighted by Gasteiger charge is -2.35. The summed E-state index contributed by atoms with van der Waals surface area (Å²) in [5.74, 6) is -0.190. The maximum absolute atomic E-state index is 15.2. The molecule has 0 bridgehead atoms. The first-order valence-electron chi connectivity index (χ1n) is 12.4. The third-order valence-corrected chi connectivity index (χ3v) is 7.06. The number of nitrogens with zero attached hydrogens (tertiary/aromatic N) is 4. The van der Waals surface area contributed by atoms with Gasteiger partial charge in [0.25, 0.3) is 0 Å². The molecule has 0 aliphatic carbocycles. The van der Waals surface area contributed by atoms with Gasteiger partial charge < -0.3 is 25.0 Å². The van der Waals surface area contributed by atoms with Gasteiger partial charge in [-0.1, -0.05) is 24.2 Å². The Bertz CT molecular complexity index is 1420. The average Bonchev–Trinajstić information content (AvgIpc) is 2.89. The number of halogens is 2.